The SMILES string of the molecule is CC(C)N(Cc1nc2ccccc2c(=O)[nH]1)Cc1cn(-c2ccccc2)nc1-c1ccccc1. The first kappa shape index (κ1) is 21.8. The van der Waals surface area contributed by atoms with Gasteiger partial charge in [-0.2, -0.15) is 5.10 Å². The molecular weight excluding hydrogens is 422 g/mol. The van der Waals surface area contributed by atoms with Gasteiger partial charge in [0.2, 0.25) is 0 Å². The maximum Gasteiger partial charge on any atom is 0.258 e. The molecule has 170 valence electrons. The van der Waals surface area contributed by atoms with Gasteiger partial charge in [-0.1, -0.05) is 60.7 Å². The van der Waals surface area contributed by atoms with Gasteiger partial charge in [-0.05, 0) is 38.1 Å². The Kier molecular flexibility index (Phi) is 6.06. The maximum atomic E-state index is 12.6. The molecule has 0 bridgehead atoms. The van der Waals surface area contributed by atoms with E-state index >= 15 is 0 Å². The van der Waals surface area contributed by atoms with Crippen LogP contribution in [0.15, 0.2) is 95.9 Å². The molecule has 0 spiro atoms. The molecular formula is C28H27N5O. The fourth-order valence-corrected chi connectivity index (χ4v) is 4.12. The largest absolute Gasteiger partial charge is 0.309 e. The Bertz CT molecular complexity index is 1450. The molecule has 0 aliphatic heterocycles. The lowest BCUT2D eigenvalue weighted by atomic mass is 10.1. The zero-order valence-corrected chi connectivity index (χ0v) is 19.3. The molecule has 0 unspecified atom stereocenters. The fourth-order valence-electron chi connectivity index (χ4n) is 4.12. The van der Waals surface area contributed by atoms with Crippen LogP contribution in [0.1, 0.15) is 25.2 Å². The molecule has 0 aliphatic carbocycles. The van der Waals surface area contributed by atoms with E-state index in [0.29, 0.717) is 29.8 Å². The van der Waals surface area contributed by atoms with Crippen LogP contribution in [0.5, 0.6) is 0 Å². The summed E-state index contributed by atoms with van der Waals surface area (Å²) in [7, 11) is 0. The fraction of sp³-hybridized carbons (Fsp3) is 0.179. The van der Waals surface area contributed by atoms with Crippen molar-refractivity contribution >= 4 is 10.9 Å². The lowest BCUT2D eigenvalue weighted by molar-refractivity contribution is 0.199. The summed E-state index contributed by atoms with van der Waals surface area (Å²) in [4.78, 5) is 22.6. The van der Waals surface area contributed by atoms with Gasteiger partial charge in [-0.3, -0.25) is 9.69 Å². The molecule has 34 heavy (non-hydrogen) atoms. The molecule has 0 amide bonds. The van der Waals surface area contributed by atoms with Gasteiger partial charge >= 0.3 is 0 Å². The van der Waals surface area contributed by atoms with Crippen molar-refractivity contribution in [2.24, 2.45) is 0 Å². The number of nitrogens with one attached hydrogen (secondary N) is 1. The lowest BCUT2D eigenvalue weighted by Crippen LogP contribution is -2.31. The molecule has 2 aromatic heterocycles. The van der Waals surface area contributed by atoms with Crippen molar-refractivity contribution in [1.82, 2.24) is 24.6 Å². The number of aromatic nitrogens is 4. The number of nitrogens with zero attached hydrogens (tertiary/aromatic N) is 4. The highest BCUT2D eigenvalue weighted by atomic mass is 16.1. The maximum absolute atomic E-state index is 12.6. The highest BCUT2D eigenvalue weighted by Gasteiger charge is 2.19. The van der Waals surface area contributed by atoms with Crippen molar-refractivity contribution in [3.63, 3.8) is 0 Å². The van der Waals surface area contributed by atoms with Crippen molar-refractivity contribution < 1.29 is 0 Å². The minimum atomic E-state index is -0.105. The molecule has 0 fully saturated rings. The molecule has 0 aliphatic rings. The van der Waals surface area contributed by atoms with E-state index in [9.17, 15) is 4.79 Å². The Morgan fingerprint density at radius 3 is 2.29 bits per heavy atom. The third-order valence-corrected chi connectivity index (χ3v) is 5.98. The highest BCUT2D eigenvalue weighted by Crippen LogP contribution is 2.26. The number of fused-ring (bicyclic) bond motifs is 1. The van der Waals surface area contributed by atoms with Crippen molar-refractivity contribution in [2.45, 2.75) is 33.0 Å². The number of para-hydroxylation sites is 2. The molecule has 0 saturated carbocycles. The second kappa shape index (κ2) is 9.45. The molecule has 1 N–H and O–H groups in total. The van der Waals surface area contributed by atoms with Crippen LogP contribution in [0, 0.1) is 0 Å². The van der Waals surface area contributed by atoms with Gasteiger partial charge in [0.25, 0.3) is 5.56 Å². The Hall–Kier alpha value is -4.03. The van der Waals surface area contributed by atoms with Crippen LogP contribution in [-0.2, 0) is 13.1 Å². The molecule has 6 nitrogen and oxygen atoms in total. The second-order valence-electron chi connectivity index (χ2n) is 8.68. The first-order valence-electron chi connectivity index (χ1n) is 11.5. The summed E-state index contributed by atoms with van der Waals surface area (Å²) in [6.45, 7) is 5.51. The van der Waals surface area contributed by atoms with Gasteiger partial charge in [-0.15, -0.1) is 0 Å². The van der Waals surface area contributed by atoms with E-state index in [4.69, 9.17) is 10.1 Å². The third kappa shape index (κ3) is 4.54. The van der Waals surface area contributed by atoms with Crippen LogP contribution >= 0.6 is 0 Å². The van der Waals surface area contributed by atoms with Gasteiger partial charge in [0.05, 0.1) is 28.8 Å². The van der Waals surface area contributed by atoms with Crippen molar-refractivity contribution in [1.29, 1.82) is 0 Å². The molecule has 0 saturated heterocycles. The first-order chi connectivity index (χ1) is 16.6. The molecule has 0 radical (unpaired) electrons. The number of hydrogen-bond donors (Lipinski definition) is 1. The molecule has 5 rings (SSSR count). The molecule has 0 atom stereocenters. The Morgan fingerprint density at radius 2 is 1.56 bits per heavy atom. The van der Waals surface area contributed by atoms with Crippen LogP contribution in [0.4, 0.5) is 0 Å². The smallest absolute Gasteiger partial charge is 0.258 e. The van der Waals surface area contributed by atoms with Gasteiger partial charge in [0.1, 0.15) is 5.82 Å². The second-order valence-corrected chi connectivity index (χ2v) is 8.68. The average molecular weight is 450 g/mol. The first-order valence-corrected chi connectivity index (χ1v) is 11.5. The topological polar surface area (TPSA) is 66.8 Å². The summed E-state index contributed by atoms with van der Waals surface area (Å²) in [6.07, 6.45) is 2.10. The Balaban J connectivity index is 1.51. The summed E-state index contributed by atoms with van der Waals surface area (Å²) in [5.41, 5.74) is 4.77. The van der Waals surface area contributed by atoms with Crippen molar-refractivity contribution in [3.8, 4) is 16.9 Å². The van der Waals surface area contributed by atoms with E-state index in [0.717, 1.165) is 22.5 Å². The monoisotopic (exact) mass is 449 g/mol. The standard InChI is InChI=1S/C28H27N5O/c1-20(2)32(19-26-29-25-16-10-9-15-24(25)28(34)30-26)17-22-18-33(23-13-7-4-8-14-23)31-27(22)21-11-5-3-6-12-21/h3-16,18,20H,17,19H2,1-2H3,(H,29,30,34). The number of H-pyrrole nitrogens is 1. The van der Waals surface area contributed by atoms with E-state index in [1.165, 1.54) is 0 Å². The summed E-state index contributed by atoms with van der Waals surface area (Å²) in [5, 5.41) is 5.55. The van der Waals surface area contributed by atoms with Crippen LogP contribution in [-0.4, -0.2) is 30.7 Å². The summed E-state index contributed by atoms with van der Waals surface area (Å²) in [5.74, 6) is 0.661. The van der Waals surface area contributed by atoms with E-state index in [-0.39, 0.29) is 11.6 Å². The number of rotatable bonds is 7. The average Bonchev–Trinajstić information content (AvgIpc) is 3.29. The van der Waals surface area contributed by atoms with Crippen LogP contribution in [0.3, 0.4) is 0 Å². The normalized spacial score (nSPS) is 11.5. The van der Waals surface area contributed by atoms with E-state index in [1.807, 2.05) is 59.3 Å². The predicted octanol–water partition coefficient (Wildman–Crippen LogP) is 5.19. The number of aromatic amines is 1. The van der Waals surface area contributed by atoms with E-state index < -0.39 is 0 Å². The molecule has 5 aromatic rings. The summed E-state index contributed by atoms with van der Waals surface area (Å²) in [6, 6.07) is 28.1. The zero-order chi connectivity index (χ0) is 23.5. The summed E-state index contributed by atoms with van der Waals surface area (Å²) < 4.78 is 1.94. The Labute approximate surface area is 198 Å². The molecule has 3 aromatic carbocycles. The van der Waals surface area contributed by atoms with Gasteiger partial charge in [0, 0.05) is 29.9 Å². The van der Waals surface area contributed by atoms with Crippen molar-refractivity contribution in [2.75, 3.05) is 0 Å². The molecule has 2 heterocycles. The van der Waals surface area contributed by atoms with Crippen molar-refractivity contribution in [3.05, 3.63) is 113 Å². The third-order valence-electron chi connectivity index (χ3n) is 5.98. The van der Waals surface area contributed by atoms with Gasteiger partial charge < -0.3 is 4.98 Å². The predicted molar refractivity (Wildman–Crippen MR) is 136 cm³/mol. The van der Waals surface area contributed by atoms with Gasteiger partial charge in [-0.25, -0.2) is 9.67 Å². The quantitative estimate of drug-likeness (QED) is 0.371. The van der Waals surface area contributed by atoms with E-state index in [1.54, 1.807) is 6.07 Å². The van der Waals surface area contributed by atoms with Gasteiger partial charge in [0.15, 0.2) is 0 Å². The van der Waals surface area contributed by atoms with Crippen LogP contribution < -0.4 is 5.56 Å². The van der Waals surface area contributed by atoms with Crippen LogP contribution in [0.25, 0.3) is 27.8 Å². The summed E-state index contributed by atoms with van der Waals surface area (Å²) >= 11 is 0. The van der Waals surface area contributed by atoms with Crippen LogP contribution in [0.2, 0.25) is 0 Å². The zero-order valence-electron chi connectivity index (χ0n) is 19.3. The number of benzene rings is 3. The lowest BCUT2D eigenvalue weighted by Gasteiger charge is -2.26. The van der Waals surface area contributed by atoms with E-state index in [2.05, 4.69) is 54.2 Å². The Morgan fingerprint density at radius 1 is 0.882 bits per heavy atom. The highest BCUT2D eigenvalue weighted by molar-refractivity contribution is 5.77. The minimum Gasteiger partial charge on any atom is -0.309 e. The number of hydrogen-bond acceptors (Lipinski definition) is 4. The molecule has 6 heteroatoms. The minimum absolute atomic E-state index is 0.105.